The molecule has 2 aromatic rings. The quantitative estimate of drug-likeness (QED) is 0.847. The summed E-state index contributed by atoms with van der Waals surface area (Å²) in [5.74, 6) is -0.234. The van der Waals surface area contributed by atoms with E-state index in [1.165, 1.54) is 12.4 Å². The van der Waals surface area contributed by atoms with Crippen LogP contribution in [0.25, 0.3) is 0 Å². The van der Waals surface area contributed by atoms with Crippen LogP contribution in [0.3, 0.4) is 0 Å². The molecule has 6 heteroatoms. The van der Waals surface area contributed by atoms with Gasteiger partial charge in [0.2, 0.25) is 0 Å². The number of carbonyl (C=O) groups is 1. The average molecular weight is 333 g/mol. The fraction of sp³-hybridized carbons (Fsp3) is 0.353. The van der Waals surface area contributed by atoms with Gasteiger partial charge in [-0.05, 0) is 24.7 Å². The first-order valence-corrected chi connectivity index (χ1v) is 8.07. The predicted octanol–water partition coefficient (Wildman–Crippen LogP) is 2.94. The number of benzene rings is 1. The third-order valence-electron chi connectivity index (χ3n) is 3.77. The van der Waals surface area contributed by atoms with Gasteiger partial charge in [-0.15, -0.1) is 0 Å². The van der Waals surface area contributed by atoms with E-state index in [-0.39, 0.29) is 11.9 Å². The Morgan fingerprint density at radius 3 is 2.61 bits per heavy atom. The van der Waals surface area contributed by atoms with Gasteiger partial charge in [0.05, 0.1) is 12.2 Å². The van der Waals surface area contributed by atoms with Crippen LogP contribution >= 0.6 is 11.6 Å². The van der Waals surface area contributed by atoms with Gasteiger partial charge in [0.25, 0.3) is 5.91 Å². The molecule has 1 heterocycles. The zero-order valence-electron chi connectivity index (χ0n) is 13.4. The van der Waals surface area contributed by atoms with Crippen LogP contribution in [-0.4, -0.2) is 40.4 Å². The maximum atomic E-state index is 12.2. The molecule has 0 radical (unpaired) electrons. The van der Waals surface area contributed by atoms with Crippen LogP contribution in [-0.2, 0) is 0 Å². The van der Waals surface area contributed by atoms with Crippen molar-refractivity contribution in [2.45, 2.75) is 19.9 Å². The van der Waals surface area contributed by atoms with E-state index < -0.39 is 0 Å². The van der Waals surface area contributed by atoms with Gasteiger partial charge in [-0.25, -0.2) is 4.98 Å². The van der Waals surface area contributed by atoms with Gasteiger partial charge in [-0.1, -0.05) is 43.6 Å². The van der Waals surface area contributed by atoms with E-state index >= 15 is 0 Å². The minimum Gasteiger partial charge on any atom is -0.349 e. The molecule has 23 heavy (non-hydrogen) atoms. The van der Waals surface area contributed by atoms with E-state index in [1.54, 1.807) is 6.20 Å². The third-order valence-corrected chi connectivity index (χ3v) is 4.11. The van der Waals surface area contributed by atoms with E-state index in [0.717, 1.165) is 18.7 Å². The molecule has 0 saturated heterocycles. The zero-order chi connectivity index (χ0) is 16.7. The molecule has 0 aliphatic rings. The largest absolute Gasteiger partial charge is 0.349 e. The monoisotopic (exact) mass is 332 g/mol. The Balaban J connectivity index is 2.15. The molecule has 122 valence electrons. The zero-order valence-corrected chi connectivity index (χ0v) is 14.1. The highest BCUT2D eigenvalue weighted by Gasteiger charge is 2.21. The van der Waals surface area contributed by atoms with Gasteiger partial charge in [0.1, 0.15) is 5.69 Å². The second kappa shape index (κ2) is 8.60. The number of nitrogens with zero attached hydrogens (tertiary/aromatic N) is 3. The van der Waals surface area contributed by atoms with Crippen LogP contribution in [0.4, 0.5) is 0 Å². The first-order valence-electron chi connectivity index (χ1n) is 7.70. The van der Waals surface area contributed by atoms with Crippen molar-refractivity contribution < 1.29 is 4.79 Å². The van der Waals surface area contributed by atoms with E-state index in [1.807, 2.05) is 24.3 Å². The van der Waals surface area contributed by atoms with Gasteiger partial charge in [-0.3, -0.25) is 14.7 Å². The topological polar surface area (TPSA) is 58.1 Å². The molecule has 0 aliphatic heterocycles. The van der Waals surface area contributed by atoms with Crippen LogP contribution in [0, 0.1) is 0 Å². The molecule has 1 aromatic heterocycles. The second-order valence-corrected chi connectivity index (χ2v) is 5.47. The van der Waals surface area contributed by atoms with Crippen molar-refractivity contribution in [3.8, 4) is 0 Å². The van der Waals surface area contributed by atoms with Crippen LogP contribution in [0.2, 0.25) is 5.02 Å². The number of hydrogen-bond acceptors (Lipinski definition) is 4. The number of aromatic nitrogens is 2. The summed E-state index contributed by atoms with van der Waals surface area (Å²) >= 11 is 6.35. The first kappa shape index (κ1) is 17.4. The molecule has 1 atom stereocenters. The molecule has 0 spiro atoms. The van der Waals surface area contributed by atoms with E-state index in [2.05, 4.69) is 34.0 Å². The third kappa shape index (κ3) is 4.50. The van der Waals surface area contributed by atoms with Gasteiger partial charge in [-0.2, -0.15) is 0 Å². The number of likely N-dealkylation sites (N-methyl/N-ethyl adjacent to an activating group) is 1. The fourth-order valence-electron chi connectivity index (χ4n) is 2.54. The Morgan fingerprint density at radius 2 is 2.00 bits per heavy atom. The Morgan fingerprint density at radius 1 is 1.26 bits per heavy atom. The number of nitrogens with one attached hydrogen (secondary N) is 1. The molecule has 0 fully saturated rings. The highest BCUT2D eigenvalue weighted by molar-refractivity contribution is 6.31. The molecule has 1 N–H and O–H groups in total. The minimum atomic E-state index is -0.234. The van der Waals surface area contributed by atoms with Crippen molar-refractivity contribution >= 4 is 17.5 Å². The number of amides is 1. The summed E-state index contributed by atoms with van der Waals surface area (Å²) in [6, 6.07) is 7.75. The lowest BCUT2D eigenvalue weighted by Crippen LogP contribution is -2.38. The minimum absolute atomic E-state index is 0.0133. The van der Waals surface area contributed by atoms with Crippen molar-refractivity contribution in [3.63, 3.8) is 0 Å². The number of halogens is 1. The summed E-state index contributed by atoms with van der Waals surface area (Å²) in [5.41, 5.74) is 1.32. The average Bonchev–Trinajstić information content (AvgIpc) is 2.60. The molecular formula is C17H21ClN4O. The molecule has 2 rings (SSSR count). The van der Waals surface area contributed by atoms with E-state index in [9.17, 15) is 4.79 Å². The van der Waals surface area contributed by atoms with Gasteiger partial charge >= 0.3 is 0 Å². The van der Waals surface area contributed by atoms with Crippen molar-refractivity contribution in [2.75, 3.05) is 19.6 Å². The first-order chi connectivity index (χ1) is 11.2. The summed E-state index contributed by atoms with van der Waals surface area (Å²) in [7, 11) is 0. The molecular weight excluding hydrogens is 312 g/mol. The lowest BCUT2D eigenvalue weighted by molar-refractivity contribution is 0.0929. The van der Waals surface area contributed by atoms with Crippen molar-refractivity contribution in [2.24, 2.45) is 0 Å². The summed E-state index contributed by atoms with van der Waals surface area (Å²) < 4.78 is 0. The smallest absolute Gasteiger partial charge is 0.271 e. The number of hydrogen-bond donors (Lipinski definition) is 1. The van der Waals surface area contributed by atoms with Crippen molar-refractivity contribution in [1.82, 2.24) is 20.2 Å². The van der Waals surface area contributed by atoms with Gasteiger partial charge in [0, 0.05) is 24.0 Å². The highest BCUT2D eigenvalue weighted by atomic mass is 35.5. The molecule has 0 saturated carbocycles. The molecule has 1 aromatic carbocycles. The van der Waals surface area contributed by atoms with Crippen molar-refractivity contribution in [3.05, 3.63) is 59.1 Å². The van der Waals surface area contributed by atoms with Crippen LogP contribution in [0.5, 0.6) is 0 Å². The second-order valence-electron chi connectivity index (χ2n) is 5.06. The Bertz CT molecular complexity index is 632. The lowest BCUT2D eigenvalue weighted by atomic mass is 10.0. The predicted molar refractivity (Wildman–Crippen MR) is 91.5 cm³/mol. The molecule has 5 nitrogen and oxygen atoms in total. The number of carbonyl (C=O) groups excluding carboxylic acids is 1. The van der Waals surface area contributed by atoms with Crippen molar-refractivity contribution in [1.29, 1.82) is 0 Å². The lowest BCUT2D eigenvalue weighted by Gasteiger charge is -2.30. The molecule has 1 amide bonds. The maximum Gasteiger partial charge on any atom is 0.271 e. The summed E-state index contributed by atoms with van der Waals surface area (Å²) in [4.78, 5) is 22.4. The van der Waals surface area contributed by atoms with Crippen LogP contribution in [0.15, 0.2) is 42.9 Å². The highest BCUT2D eigenvalue weighted by Crippen LogP contribution is 2.26. The normalized spacial score (nSPS) is 12.2. The summed E-state index contributed by atoms with van der Waals surface area (Å²) in [6.45, 7) is 6.39. The van der Waals surface area contributed by atoms with Crippen LogP contribution in [0.1, 0.15) is 35.9 Å². The van der Waals surface area contributed by atoms with E-state index in [0.29, 0.717) is 17.3 Å². The van der Waals surface area contributed by atoms with Gasteiger partial charge < -0.3 is 5.32 Å². The van der Waals surface area contributed by atoms with E-state index in [4.69, 9.17) is 11.6 Å². The Kier molecular flexibility index (Phi) is 6.50. The standard InChI is InChI=1S/C17H21ClN4O/c1-3-22(4-2)16(13-7-5-6-8-14(13)18)12-21-17(23)15-11-19-9-10-20-15/h5-11,16H,3-4,12H2,1-2H3,(H,21,23)/t16-/m0/s1. The molecule has 0 aliphatic carbocycles. The Hall–Kier alpha value is -1.98. The maximum absolute atomic E-state index is 12.2. The SMILES string of the molecule is CCN(CC)[C@@H](CNC(=O)c1cnccn1)c1ccccc1Cl. The van der Waals surface area contributed by atoms with Gasteiger partial charge in [0.15, 0.2) is 0 Å². The fourth-order valence-corrected chi connectivity index (χ4v) is 2.80. The number of rotatable bonds is 7. The molecule has 0 bridgehead atoms. The summed E-state index contributed by atoms with van der Waals surface area (Å²) in [6.07, 6.45) is 4.50. The summed E-state index contributed by atoms with van der Waals surface area (Å²) in [5, 5.41) is 3.64. The Labute approximate surface area is 141 Å². The van der Waals surface area contributed by atoms with Crippen LogP contribution < -0.4 is 5.32 Å². The molecule has 0 unspecified atom stereocenters.